The van der Waals surface area contributed by atoms with Crippen LogP contribution in [0, 0.1) is 0 Å². The van der Waals surface area contributed by atoms with Gasteiger partial charge in [0.2, 0.25) is 0 Å². The van der Waals surface area contributed by atoms with Gasteiger partial charge in [-0.3, -0.25) is 4.79 Å². The average Bonchev–Trinajstić information content (AvgIpc) is 2.87. The average molecular weight is 576 g/mol. The Balaban J connectivity index is 0.000000738. The van der Waals surface area contributed by atoms with Crippen LogP contribution in [0.5, 0.6) is 11.5 Å². The highest BCUT2D eigenvalue weighted by Gasteiger charge is 2.15. The van der Waals surface area contributed by atoms with Crippen molar-refractivity contribution in [1.29, 1.82) is 0 Å². The molecule has 0 fully saturated rings. The first-order valence-corrected chi connectivity index (χ1v) is 12.5. The fraction of sp³-hybridized carbons (Fsp3) is 0.321. The molecular weight excluding hydrogens is 542 g/mol. The van der Waals surface area contributed by atoms with Gasteiger partial charge in [0.05, 0.1) is 19.3 Å². The molecule has 0 atom stereocenters. The van der Waals surface area contributed by atoms with Crippen LogP contribution in [0.3, 0.4) is 0 Å². The Bertz CT molecular complexity index is 1030. The smallest absolute Gasteiger partial charge is 0.328 e. The number of benzene rings is 2. The number of ketones is 1. The van der Waals surface area contributed by atoms with Crippen LogP contribution in [0.2, 0.25) is 0 Å². The minimum Gasteiger partial charge on any atom is -0.496 e. The molecule has 0 aromatic heterocycles. The van der Waals surface area contributed by atoms with E-state index in [1.54, 1.807) is 31.4 Å². The van der Waals surface area contributed by atoms with Crippen molar-refractivity contribution in [3.05, 3.63) is 82.9 Å². The number of rotatable bonds is 15. The third-order valence-corrected chi connectivity index (χ3v) is 5.56. The van der Waals surface area contributed by atoms with Gasteiger partial charge in [-0.25, -0.2) is 9.59 Å². The van der Waals surface area contributed by atoms with Gasteiger partial charge in [-0.1, -0.05) is 34.8 Å². The second-order valence-corrected chi connectivity index (χ2v) is 8.94. The van der Waals surface area contributed by atoms with E-state index in [-0.39, 0.29) is 5.78 Å². The number of carboxylic acid groups (broad SMARTS) is 2. The SMILES string of the molecule is C=CCN(C)CCCCCCOc1ccc(C(=O)c2ccc(Br)cc2)c(OC)c1.O=C(O)/C=C/C(=O)O. The number of likely N-dealkylation sites (N-methyl/N-ethyl adjacent to an activating group) is 1. The number of halogens is 1. The molecule has 2 aromatic rings. The molecule has 0 aliphatic heterocycles. The number of methoxy groups -OCH3 is 1. The third-order valence-electron chi connectivity index (χ3n) is 5.04. The lowest BCUT2D eigenvalue weighted by atomic mass is 10.0. The predicted octanol–water partition coefficient (Wildman–Crippen LogP) is 5.46. The molecule has 0 heterocycles. The van der Waals surface area contributed by atoms with Crippen molar-refractivity contribution in [1.82, 2.24) is 4.90 Å². The van der Waals surface area contributed by atoms with Crippen molar-refractivity contribution < 1.29 is 34.1 Å². The van der Waals surface area contributed by atoms with Gasteiger partial charge in [0.25, 0.3) is 0 Å². The molecule has 2 N–H and O–H groups in total. The number of ether oxygens (including phenoxy) is 2. The van der Waals surface area contributed by atoms with E-state index in [2.05, 4.69) is 34.5 Å². The summed E-state index contributed by atoms with van der Waals surface area (Å²) in [7, 11) is 3.68. The van der Waals surface area contributed by atoms with Crippen LogP contribution < -0.4 is 9.47 Å². The van der Waals surface area contributed by atoms with Gasteiger partial charge in [-0.15, -0.1) is 6.58 Å². The Hall–Kier alpha value is -3.43. The van der Waals surface area contributed by atoms with E-state index in [4.69, 9.17) is 19.7 Å². The van der Waals surface area contributed by atoms with Gasteiger partial charge in [-0.05, 0) is 62.8 Å². The Morgan fingerprint density at radius 2 is 1.59 bits per heavy atom. The molecular formula is C28H34BrNO7. The summed E-state index contributed by atoms with van der Waals surface area (Å²) >= 11 is 3.39. The summed E-state index contributed by atoms with van der Waals surface area (Å²) in [5.41, 5.74) is 1.16. The molecule has 0 spiro atoms. The van der Waals surface area contributed by atoms with Crippen molar-refractivity contribution in [2.75, 3.05) is 33.9 Å². The summed E-state index contributed by atoms with van der Waals surface area (Å²) in [6.07, 6.45) is 7.57. The molecule has 200 valence electrons. The molecule has 2 rings (SSSR count). The lowest BCUT2D eigenvalue weighted by Gasteiger charge is -2.13. The van der Waals surface area contributed by atoms with E-state index in [0.717, 1.165) is 36.2 Å². The van der Waals surface area contributed by atoms with Gasteiger partial charge >= 0.3 is 11.9 Å². The maximum Gasteiger partial charge on any atom is 0.328 e. The third kappa shape index (κ3) is 13.5. The molecule has 0 aliphatic carbocycles. The number of aliphatic carboxylic acids is 2. The van der Waals surface area contributed by atoms with Crippen molar-refractivity contribution in [2.24, 2.45) is 0 Å². The largest absolute Gasteiger partial charge is 0.496 e. The van der Waals surface area contributed by atoms with Crippen LogP contribution in [-0.2, 0) is 9.59 Å². The highest BCUT2D eigenvalue weighted by molar-refractivity contribution is 9.10. The molecule has 37 heavy (non-hydrogen) atoms. The van der Waals surface area contributed by atoms with Crippen LogP contribution in [0.15, 0.2) is 71.7 Å². The lowest BCUT2D eigenvalue weighted by molar-refractivity contribution is -0.134. The number of unbranched alkanes of at least 4 members (excludes halogenated alkanes) is 3. The zero-order valence-corrected chi connectivity index (χ0v) is 22.8. The van der Waals surface area contributed by atoms with E-state index >= 15 is 0 Å². The fourth-order valence-electron chi connectivity index (χ4n) is 3.19. The van der Waals surface area contributed by atoms with Crippen LogP contribution >= 0.6 is 15.9 Å². The summed E-state index contributed by atoms with van der Waals surface area (Å²) < 4.78 is 12.2. The number of carbonyl (C=O) groups is 3. The van der Waals surface area contributed by atoms with Crippen LogP contribution in [0.4, 0.5) is 0 Å². The van der Waals surface area contributed by atoms with Crippen LogP contribution in [0.25, 0.3) is 0 Å². The Morgan fingerprint density at radius 3 is 2.16 bits per heavy atom. The minimum atomic E-state index is -1.26. The molecule has 0 unspecified atom stereocenters. The van der Waals surface area contributed by atoms with Crippen LogP contribution in [-0.4, -0.2) is 66.7 Å². The highest BCUT2D eigenvalue weighted by atomic mass is 79.9. The molecule has 0 bridgehead atoms. The summed E-state index contributed by atoms with van der Waals surface area (Å²) in [4.78, 5) is 34.1. The maximum atomic E-state index is 12.8. The minimum absolute atomic E-state index is 0.0673. The number of hydrogen-bond acceptors (Lipinski definition) is 6. The number of nitrogens with zero attached hydrogens (tertiary/aromatic N) is 1. The molecule has 0 amide bonds. The Morgan fingerprint density at radius 1 is 0.973 bits per heavy atom. The zero-order valence-electron chi connectivity index (χ0n) is 21.2. The summed E-state index contributed by atoms with van der Waals surface area (Å²) in [5.74, 6) is -1.33. The van der Waals surface area contributed by atoms with Crippen molar-refractivity contribution >= 4 is 33.7 Å². The summed E-state index contributed by atoms with van der Waals surface area (Å²) in [6, 6.07) is 12.7. The van der Waals surface area contributed by atoms with Crippen molar-refractivity contribution in [3.63, 3.8) is 0 Å². The Labute approximate surface area is 226 Å². The molecule has 0 saturated heterocycles. The van der Waals surface area contributed by atoms with E-state index in [0.29, 0.717) is 35.6 Å². The molecule has 9 heteroatoms. The van der Waals surface area contributed by atoms with Gasteiger partial charge in [0, 0.05) is 34.8 Å². The quantitative estimate of drug-likeness (QED) is 0.124. The van der Waals surface area contributed by atoms with Crippen LogP contribution in [0.1, 0.15) is 41.6 Å². The highest BCUT2D eigenvalue weighted by Crippen LogP contribution is 2.27. The van der Waals surface area contributed by atoms with E-state index < -0.39 is 11.9 Å². The first-order chi connectivity index (χ1) is 17.7. The van der Waals surface area contributed by atoms with Crippen molar-refractivity contribution in [3.8, 4) is 11.5 Å². The second kappa shape index (κ2) is 17.9. The molecule has 2 aromatic carbocycles. The molecule has 8 nitrogen and oxygen atoms in total. The number of carbonyl (C=O) groups excluding carboxylic acids is 1. The first kappa shape index (κ1) is 31.6. The number of carboxylic acids is 2. The van der Waals surface area contributed by atoms with Gasteiger partial charge in [0.15, 0.2) is 5.78 Å². The van der Waals surface area contributed by atoms with Crippen molar-refractivity contribution in [2.45, 2.75) is 25.7 Å². The zero-order chi connectivity index (χ0) is 27.6. The van der Waals surface area contributed by atoms with Gasteiger partial charge in [-0.2, -0.15) is 0 Å². The fourth-order valence-corrected chi connectivity index (χ4v) is 3.45. The standard InChI is InChI=1S/C24H30BrNO3.C4H4O4/c1-4-15-26(2)16-7-5-6-8-17-29-21-13-14-22(23(18-21)28-3)24(27)19-9-11-20(25)12-10-19;5-3(6)1-2-4(7)8/h4,9-14,18H,1,5-8,15-17H2,2-3H3;1-2H,(H,5,6)(H,7,8)/b;2-1+. The second-order valence-electron chi connectivity index (χ2n) is 8.02. The van der Waals surface area contributed by atoms with E-state index in [9.17, 15) is 14.4 Å². The molecule has 0 saturated carbocycles. The van der Waals surface area contributed by atoms with Gasteiger partial charge in [0.1, 0.15) is 11.5 Å². The predicted molar refractivity (Wildman–Crippen MR) is 147 cm³/mol. The first-order valence-electron chi connectivity index (χ1n) is 11.7. The van der Waals surface area contributed by atoms with E-state index in [1.807, 2.05) is 24.3 Å². The molecule has 0 aliphatic rings. The number of hydrogen-bond donors (Lipinski definition) is 2. The van der Waals surface area contributed by atoms with Gasteiger partial charge < -0.3 is 24.6 Å². The Kier molecular flexibility index (Phi) is 15.3. The summed E-state index contributed by atoms with van der Waals surface area (Å²) in [5, 5.41) is 15.6. The topological polar surface area (TPSA) is 113 Å². The normalized spacial score (nSPS) is 10.5. The maximum absolute atomic E-state index is 12.8. The molecule has 0 radical (unpaired) electrons. The lowest BCUT2D eigenvalue weighted by Crippen LogP contribution is -2.19. The van der Waals surface area contributed by atoms with E-state index in [1.165, 1.54) is 12.8 Å². The monoisotopic (exact) mass is 575 g/mol. The summed E-state index contributed by atoms with van der Waals surface area (Å²) in [6.45, 7) is 6.45.